The third-order valence-electron chi connectivity index (χ3n) is 3.99. The highest BCUT2D eigenvalue weighted by atomic mass is 16.5. The van der Waals surface area contributed by atoms with Crippen molar-refractivity contribution in [1.29, 1.82) is 0 Å². The van der Waals surface area contributed by atoms with Gasteiger partial charge in [0.1, 0.15) is 0 Å². The van der Waals surface area contributed by atoms with Crippen LogP contribution >= 0.6 is 0 Å². The Balaban J connectivity index is 2.11. The molecule has 1 N–H and O–H groups in total. The lowest BCUT2D eigenvalue weighted by molar-refractivity contribution is -0.146. The van der Waals surface area contributed by atoms with Gasteiger partial charge in [-0.25, -0.2) is 0 Å². The standard InChI is InChI=1S/C14H26O3/c1-4-5-6-7-8-9-17-13(16)12-11(10-15)14(12,2)3/h11-12,15H,4-10H2,1-3H3. The Morgan fingerprint density at radius 2 is 1.88 bits per heavy atom. The van der Waals surface area contributed by atoms with Gasteiger partial charge in [0.25, 0.3) is 0 Å². The first-order valence-corrected chi connectivity index (χ1v) is 6.83. The highest BCUT2D eigenvalue weighted by molar-refractivity contribution is 5.77. The largest absolute Gasteiger partial charge is 0.465 e. The highest BCUT2D eigenvalue weighted by Gasteiger charge is 2.62. The summed E-state index contributed by atoms with van der Waals surface area (Å²) in [6.07, 6.45) is 5.81. The van der Waals surface area contributed by atoms with Crippen molar-refractivity contribution < 1.29 is 14.6 Å². The Bertz CT molecular complexity index is 248. The number of carbonyl (C=O) groups is 1. The molecule has 3 heteroatoms. The minimum absolute atomic E-state index is 0.0754. The minimum atomic E-state index is -0.121. The number of aliphatic hydroxyl groups excluding tert-OH is 1. The fourth-order valence-electron chi connectivity index (χ4n) is 2.52. The lowest BCUT2D eigenvalue weighted by atomic mass is 10.1. The van der Waals surface area contributed by atoms with Gasteiger partial charge >= 0.3 is 5.97 Å². The van der Waals surface area contributed by atoms with Crippen LogP contribution in [0.4, 0.5) is 0 Å². The molecule has 0 aromatic heterocycles. The van der Waals surface area contributed by atoms with Gasteiger partial charge in [-0.1, -0.05) is 46.5 Å². The molecule has 0 aromatic rings. The monoisotopic (exact) mass is 242 g/mol. The van der Waals surface area contributed by atoms with Crippen molar-refractivity contribution in [2.75, 3.05) is 13.2 Å². The zero-order chi connectivity index (χ0) is 12.9. The van der Waals surface area contributed by atoms with E-state index in [0.29, 0.717) is 6.61 Å². The predicted octanol–water partition coefficient (Wildman–Crippen LogP) is 2.76. The van der Waals surface area contributed by atoms with E-state index >= 15 is 0 Å². The van der Waals surface area contributed by atoms with Crippen molar-refractivity contribution in [3.63, 3.8) is 0 Å². The fraction of sp³-hybridized carbons (Fsp3) is 0.929. The molecule has 100 valence electrons. The quantitative estimate of drug-likeness (QED) is 0.526. The van der Waals surface area contributed by atoms with Gasteiger partial charge in [0, 0.05) is 12.5 Å². The third-order valence-corrected chi connectivity index (χ3v) is 3.99. The Labute approximate surface area is 105 Å². The Hall–Kier alpha value is -0.570. The van der Waals surface area contributed by atoms with E-state index in [9.17, 15) is 4.79 Å². The molecule has 0 saturated heterocycles. The number of esters is 1. The van der Waals surface area contributed by atoms with Gasteiger partial charge < -0.3 is 9.84 Å². The topological polar surface area (TPSA) is 46.5 Å². The molecule has 1 saturated carbocycles. The van der Waals surface area contributed by atoms with Crippen molar-refractivity contribution in [1.82, 2.24) is 0 Å². The number of carbonyl (C=O) groups excluding carboxylic acids is 1. The molecule has 2 atom stereocenters. The molecule has 3 nitrogen and oxygen atoms in total. The van der Waals surface area contributed by atoms with E-state index in [-0.39, 0.29) is 29.8 Å². The molecular weight excluding hydrogens is 216 g/mol. The Morgan fingerprint density at radius 3 is 2.41 bits per heavy atom. The van der Waals surface area contributed by atoms with Crippen LogP contribution in [-0.4, -0.2) is 24.3 Å². The van der Waals surface area contributed by atoms with E-state index in [1.807, 2.05) is 13.8 Å². The normalized spacial score (nSPS) is 25.6. The van der Waals surface area contributed by atoms with Gasteiger partial charge in [-0.05, 0) is 11.8 Å². The molecule has 0 amide bonds. The Kier molecular flexibility index (Phi) is 5.44. The summed E-state index contributed by atoms with van der Waals surface area (Å²) in [5.74, 6) is -0.122. The Morgan fingerprint density at radius 1 is 1.24 bits per heavy atom. The zero-order valence-electron chi connectivity index (χ0n) is 11.4. The van der Waals surface area contributed by atoms with Crippen molar-refractivity contribution in [3.8, 4) is 0 Å². The van der Waals surface area contributed by atoms with Gasteiger partial charge in [0.15, 0.2) is 0 Å². The maximum Gasteiger partial charge on any atom is 0.309 e. The van der Waals surface area contributed by atoms with Crippen LogP contribution in [0.15, 0.2) is 0 Å². The zero-order valence-corrected chi connectivity index (χ0v) is 11.4. The van der Waals surface area contributed by atoms with Gasteiger partial charge in [-0.15, -0.1) is 0 Å². The first-order chi connectivity index (χ1) is 8.05. The first kappa shape index (κ1) is 14.5. The van der Waals surface area contributed by atoms with E-state index in [0.717, 1.165) is 12.8 Å². The van der Waals surface area contributed by atoms with Crippen molar-refractivity contribution in [2.24, 2.45) is 17.3 Å². The summed E-state index contributed by atoms with van der Waals surface area (Å²) >= 11 is 0. The molecular formula is C14H26O3. The molecule has 0 spiro atoms. The molecule has 0 radical (unpaired) electrons. The maximum atomic E-state index is 11.7. The summed E-state index contributed by atoms with van der Waals surface area (Å²) in [4.78, 5) is 11.7. The van der Waals surface area contributed by atoms with Crippen LogP contribution in [0.3, 0.4) is 0 Å². The summed E-state index contributed by atoms with van der Waals surface area (Å²) < 4.78 is 5.26. The molecule has 1 aliphatic rings. The smallest absolute Gasteiger partial charge is 0.309 e. The minimum Gasteiger partial charge on any atom is -0.465 e. The lowest BCUT2D eigenvalue weighted by Crippen LogP contribution is -2.12. The summed E-state index contributed by atoms with van der Waals surface area (Å²) in [5, 5.41) is 9.12. The molecule has 0 aliphatic heterocycles. The maximum absolute atomic E-state index is 11.7. The number of hydrogen-bond acceptors (Lipinski definition) is 3. The molecule has 17 heavy (non-hydrogen) atoms. The highest BCUT2D eigenvalue weighted by Crippen LogP contribution is 2.58. The number of rotatable bonds is 8. The van der Waals surface area contributed by atoms with Crippen molar-refractivity contribution in [3.05, 3.63) is 0 Å². The van der Waals surface area contributed by atoms with Crippen LogP contribution in [0.2, 0.25) is 0 Å². The third kappa shape index (κ3) is 3.70. The van der Waals surface area contributed by atoms with E-state index in [2.05, 4.69) is 6.92 Å². The number of ether oxygens (including phenoxy) is 1. The second-order valence-corrected chi connectivity index (χ2v) is 5.67. The summed E-state index contributed by atoms with van der Waals surface area (Å²) in [5.41, 5.74) is -0.0754. The summed E-state index contributed by atoms with van der Waals surface area (Å²) in [6, 6.07) is 0. The number of unbranched alkanes of at least 4 members (excludes halogenated alkanes) is 4. The van der Waals surface area contributed by atoms with E-state index in [1.165, 1.54) is 19.3 Å². The van der Waals surface area contributed by atoms with Gasteiger partial charge in [0.05, 0.1) is 12.5 Å². The second kappa shape index (κ2) is 6.39. The number of hydrogen-bond donors (Lipinski definition) is 1. The fourth-order valence-corrected chi connectivity index (χ4v) is 2.52. The van der Waals surface area contributed by atoms with Crippen LogP contribution < -0.4 is 0 Å². The van der Waals surface area contributed by atoms with E-state index in [4.69, 9.17) is 9.84 Å². The average molecular weight is 242 g/mol. The van der Waals surface area contributed by atoms with E-state index in [1.54, 1.807) is 0 Å². The van der Waals surface area contributed by atoms with Crippen LogP contribution in [0.1, 0.15) is 52.9 Å². The molecule has 2 unspecified atom stereocenters. The first-order valence-electron chi connectivity index (χ1n) is 6.83. The molecule has 1 aliphatic carbocycles. The molecule has 1 rings (SSSR count). The van der Waals surface area contributed by atoms with Crippen molar-refractivity contribution in [2.45, 2.75) is 52.9 Å². The van der Waals surface area contributed by atoms with Crippen LogP contribution in [0, 0.1) is 17.3 Å². The predicted molar refractivity (Wildman–Crippen MR) is 67.6 cm³/mol. The van der Waals surface area contributed by atoms with E-state index < -0.39 is 0 Å². The van der Waals surface area contributed by atoms with Gasteiger partial charge in [-0.2, -0.15) is 0 Å². The van der Waals surface area contributed by atoms with Crippen LogP contribution in [-0.2, 0) is 9.53 Å². The van der Waals surface area contributed by atoms with Gasteiger partial charge in [-0.3, -0.25) is 4.79 Å². The van der Waals surface area contributed by atoms with Crippen LogP contribution in [0.25, 0.3) is 0 Å². The average Bonchev–Trinajstić information content (AvgIpc) is 2.85. The van der Waals surface area contributed by atoms with Crippen LogP contribution in [0.5, 0.6) is 0 Å². The van der Waals surface area contributed by atoms with Gasteiger partial charge in [0.2, 0.25) is 0 Å². The summed E-state index contributed by atoms with van der Waals surface area (Å²) in [7, 11) is 0. The molecule has 0 bridgehead atoms. The lowest BCUT2D eigenvalue weighted by Gasteiger charge is -2.05. The SMILES string of the molecule is CCCCCCCOC(=O)C1C(CO)C1(C)C. The summed E-state index contributed by atoms with van der Waals surface area (Å²) in [6.45, 7) is 6.84. The molecule has 0 aromatic carbocycles. The van der Waals surface area contributed by atoms with Crippen molar-refractivity contribution >= 4 is 5.97 Å². The number of aliphatic hydroxyl groups is 1. The second-order valence-electron chi connectivity index (χ2n) is 5.67. The molecule has 1 fully saturated rings. The molecule has 0 heterocycles.